The molecule has 8 heteroatoms. The van der Waals surface area contributed by atoms with Gasteiger partial charge in [-0.1, -0.05) is 0 Å². The smallest absolute Gasteiger partial charge is 0.348 e. The summed E-state index contributed by atoms with van der Waals surface area (Å²) >= 11 is 1.36. The number of hydrogen-bond donors (Lipinski definition) is 1. The van der Waals surface area contributed by atoms with Gasteiger partial charge in [-0.15, -0.1) is 11.3 Å². The predicted octanol–water partition coefficient (Wildman–Crippen LogP) is 2.46. The molecule has 1 unspecified atom stereocenters. The van der Waals surface area contributed by atoms with Crippen molar-refractivity contribution in [3.63, 3.8) is 0 Å². The van der Waals surface area contributed by atoms with Crippen LogP contribution in [0.2, 0.25) is 0 Å². The van der Waals surface area contributed by atoms with Crippen molar-refractivity contribution < 1.29 is 14.6 Å². The number of β-amino-alcohol motifs (C(OH)–C–C–N with tert-alkyl or cyclic N) is 1. The molecule has 148 valence electrons. The van der Waals surface area contributed by atoms with Crippen LogP contribution in [-0.2, 0) is 4.74 Å². The highest BCUT2D eigenvalue weighted by atomic mass is 32.1. The van der Waals surface area contributed by atoms with Gasteiger partial charge in [0.15, 0.2) is 0 Å². The third-order valence-electron chi connectivity index (χ3n) is 4.76. The van der Waals surface area contributed by atoms with E-state index in [4.69, 9.17) is 4.74 Å². The van der Waals surface area contributed by atoms with Gasteiger partial charge in [0, 0.05) is 32.2 Å². The average Bonchev–Trinajstić information content (AvgIpc) is 2.91. The number of carbonyl (C=O) groups excluding carboxylic acids is 1. The molecular weight excluding hydrogens is 364 g/mol. The maximum atomic E-state index is 12.3. The molecule has 1 aliphatic heterocycles. The number of piperazine rings is 1. The minimum atomic E-state index is -0.706. The number of rotatable bonds is 5. The number of aliphatic hydroxyl groups is 1. The minimum absolute atomic E-state index is 0.240. The van der Waals surface area contributed by atoms with E-state index in [1.54, 1.807) is 13.3 Å². The first-order valence-corrected chi connectivity index (χ1v) is 10.2. The summed E-state index contributed by atoms with van der Waals surface area (Å²) in [6, 6.07) is 0.240. The van der Waals surface area contributed by atoms with Gasteiger partial charge in [-0.3, -0.25) is 4.90 Å². The van der Waals surface area contributed by atoms with Crippen LogP contribution in [0.4, 0.5) is 5.82 Å². The van der Waals surface area contributed by atoms with Crippen LogP contribution in [0.15, 0.2) is 6.33 Å². The molecule has 1 fully saturated rings. The summed E-state index contributed by atoms with van der Waals surface area (Å²) in [5.41, 5.74) is 0.179. The number of esters is 1. The molecule has 3 rings (SSSR count). The van der Waals surface area contributed by atoms with Crippen molar-refractivity contribution >= 4 is 33.3 Å². The first kappa shape index (κ1) is 20.0. The summed E-state index contributed by atoms with van der Waals surface area (Å²) in [4.78, 5) is 27.2. The second kappa shape index (κ2) is 7.69. The molecular formula is C19H28N4O3S. The number of aromatic nitrogens is 2. The Balaban J connectivity index is 1.90. The lowest BCUT2D eigenvalue weighted by atomic mass is 10.1. The van der Waals surface area contributed by atoms with E-state index in [-0.39, 0.29) is 12.0 Å². The largest absolute Gasteiger partial charge is 0.462 e. The maximum absolute atomic E-state index is 12.3. The standard InChI is InChI=1S/C19H28N4O3S/c1-6-26-18(24)15-13(3)14-16(20-11-21-17(14)27-15)23-8-7-22(9-12(23)2)10-19(4,5)25/h11-12,25H,6-10H2,1-5H3. The highest BCUT2D eigenvalue weighted by Gasteiger charge is 2.30. The van der Waals surface area contributed by atoms with E-state index < -0.39 is 5.60 Å². The molecule has 2 aromatic rings. The fourth-order valence-electron chi connectivity index (χ4n) is 3.70. The third-order valence-corrected chi connectivity index (χ3v) is 5.94. The van der Waals surface area contributed by atoms with E-state index in [1.165, 1.54) is 11.3 Å². The molecule has 0 aromatic carbocycles. The lowest BCUT2D eigenvalue weighted by Crippen LogP contribution is -2.55. The molecule has 1 aliphatic rings. The maximum Gasteiger partial charge on any atom is 0.348 e. The zero-order chi connectivity index (χ0) is 19.8. The second-order valence-corrected chi connectivity index (χ2v) is 8.74. The van der Waals surface area contributed by atoms with Gasteiger partial charge >= 0.3 is 5.97 Å². The van der Waals surface area contributed by atoms with Gasteiger partial charge in [0.2, 0.25) is 0 Å². The first-order valence-electron chi connectivity index (χ1n) is 9.34. The predicted molar refractivity (Wildman–Crippen MR) is 108 cm³/mol. The van der Waals surface area contributed by atoms with E-state index in [0.29, 0.717) is 18.0 Å². The second-order valence-electron chi connectivity index (χ2n) is 7.74. The normalized spacial score (nSPS) is 18.9. The Morgan fingerprint density at radius 3 is 2.78 bits per heavy atom. The van der Waals surface area contributed by atoms with Gasteiger partial charge < -0.3 is 14.7 Å². The lowest BCUT2D eigenvalue weighted by Gasteiger charge is -2.42. The van der Waals surface area contributed by atoms with Gasteiger partial charge in [-0.05, 0) is 40.2 Å². The lowest BCUT2D eigenvalue weighted by molar-refractivity contribution is 0.0307. The molecule has 0 radical (unpaired) electrons. The molecule has 0 spiro atoms. The van der Waals surface area contributed by atoms with Crippen LogP contribution in [0, 0.1) is 6.92 Å². The highest BCUT2D eigenvalue weighted by Crippen LogP contribution is 2.36. The summed E-state index contributed by atoms with van der Waals surface area (Å²) < 4.78 is 5.18. The van der Waals surface area contributed by atoms with Crippen LogP contribution < -0.4 is 4.90 Å². The van der Waals surface area contributed by atoms with Gasteiger partial charge in [-0.2, -0.15) is 0 Å². The monoisotopic (exact) mass is 392 g/mol. The molecule has 27 heavy (non-hydrogen) atoms. The summed E-state index contributed by atoms with van der Waals surface area (Å²) in [6.45, 7) is 13.1. The van der Waals surface area contributed by atoms with Crippen LogP contribution >= 0.6 is 11.3 Å². The average molecular weight is 393 g/mol. The first-order chi connectivity index (χ1) is 12.7. The molecule has 0 aliphatic carbocycles. The van der Waals surface area contributed by atoms with Crippen molar-refractivity contribution in [2.45, 2.75) is 46.3 Å². The molecule has 1 atom stereocenters. The Hall–Kier alpha value is -1.77. The summed E-state index contributed by atoms with van der Waals surface area (Å²) in [5.74, 6) is 0.576. The fraction of sp³-hybridized carbons (Fsp3) is 0.632. The number of fused-ring (bicyclic) bond motifs is 1. The van der Waals surface area contributed by atoms with E-state index in [9.17, 15) is 9.90 Å². The molecule has 0 saturated carbocycles. The van der Waals surface area contributed by atoms with Gasteiger partial charge in [0.1, 0.15) is 21.9 Å². The molecule has 0 amide bonds. The molecule has 1 N–H and O–H groups in total. The quantitative estimate of drug-likeness (QED) is 0.783. The fourth-order valence-corrected chi connectivity index (χ4v) is 4.74. The number of carbonyl (C=O) groups is 1. The number of ether oxygens (including phenoxy) is 1. The number of nitrogens with zero attached hydrogens (tertiary/aromatic N) is 4. The number of aryl methyl sites for hydroxylation is 1. The van der Waals surface area contributed by atoms with E-state index in [1.807, 2.05) is 20.8 Å². The zero-order valence-corrected chi connectivity index (χ0v) is 17.5. The van der Waals surface area contributed by atoms with Gasteiger partial charge in [-0.25, -0.2) is 14.8 Å². The number of anilines is 1. The van der Waals surface area contributed by atoms with Crippen LogP contribution in [0.25, 0.3) is 10.2 Å². The summed E-state index contributed by atoms with van der Waals surface area (Å²) in [6.07, 6.45) is 1.57. The van der Waals surface area contributed by atoms with Crippen molar-refractivity contribution in [1.29, 1.82) is 0 Å². The third kappa shape index (κ3) is 4.23. The van der Waals surface area contributed by atoms with Crippen LogP contribution in [0.1, 0.15) is 42.9 Å². The molecule has 3 heterocycles. The zero-order valence-electron chi connectivity index (χ0n) is 16.7. The molecule has 1 saturated heterocycles. The van der Waals surface area contributed by atoms with Gasteiger partial charge in [0.25, 0.3) is 0 Å². The Morgan fingerprint density at radius 1 is 1.41 bits per heavy atom. The Labute approximate surface area is 164 Å². The Bertz CT molecular complexity index is 830. The molecule has 2 aromatic heterocycles. The minimum Gasteiger partial charge on any atom is -0.462 e. The van der Waals surface area contributed by atoms with Crippen molar-refractivity contribution in [1.82, 2.24) is 14.9 Å². The van der Waals surface area contributed by atoms with Crippen LogP contribution in [0.3, 0.4) is 0 Å². The molecule has 0 bridgehead atoms. The van der Waals surface area contributed by atoms with Crippen molar-refractivity contribution in [2.75, 3.05) is 37.7 Å². The Morgan fingerprint density at radius 2 is 2.15 bits per heavy atom. The number of hydrogen-bond acceptors (Lipinski definition) is 8. The van der Waals surface area contributed by atoms with Crippen LogP contribution in [-0.4, -0.2) is 70.4 Å². The SMILES string of the molecule is CCOC(=O)c1sc2ncnc(N3CCN(CC(C)(C)O)CC3C)c2c1C. The van der Waals surface area contributed by atoms with Gasteiger partial charge in [0.05, 0.1) is 17.6 Å². The van der Waals surface area contributed by atoms with E-state index >= 15 is 0 Å². The van der Waals surface area contributed by atoms with Crippen molar-refractivity contribution in [2.24, 2.45) is 0 Å². The Kier molecular flexibility index (Phi) is 5.69. The summed E-state index contributed by atoms with van der Waals surface area (Å²) in [5, 5.41) is 11.0. The van der Waals surface area contributed by atoms with E-state index in [0.717, 1.165) is 41.2 Å². The highest BCUT2D eigenvalue weighted by molar-refractivity contribution is 7.20. The molecule has 7 nitrogen and oxygen atoms in total. The van der Waals surface area contributed by atoms with E-state index in [2.05, 4.69) is 26.7 Å². The van der Waals surface area contributed by atoms with Crippen LogP contribution in [0.5, 0.6) is 0 Å². The topological polar surface area (TPSA) is 78.8 Å². The van der Waals surface area contributed by atoms with Crippen molar-refractivity contribution in [3.05, 3.63) is 16.8 Å². The summed E-state index contributed by atoms with van der Waals surface area (Å²) in [7, 11) is 0. The number of thiophene rings is 1. The van der Waals surface area contributed by atoms with Crippen molar-refractivity contribution in [3.8, 4) is 0 Å².